The van der Waals surface area contributed by atoms with Crippen LogP contribution in [0.4, 0.5) is 5.69 Å². The molecule has 0 spiro atoms. The first-order valence-electron chi connectivity index (χ1n) is 8.27. The minimum absolute atomic E-state index is 0.423. The fourth-order valence-corrected chi connectivity index (χ4v) is 3.29. The van der Waals surface area contributed by atoms with Crippen molar-refractivity contribution in [3.8, 4) is 0 Å². The van der Waals surface area contributed by atoms with Gasteiger partial charge < -0.3 is 10.5 Å². The molecule has 1 heterocycles. The van der Waals surface area contributed by atoms with Crippen LogP contribution in [0.1, 0.15) is 18.9 Å². The predicted octanol–water partition coefficient (Wildman–Crippen LogP) is 4.15. The zero-order chi connectivity index (χ0) is 18.7. The van der Waals surface area contributed by atoms with E-state index in [-0.39, 0.29) is 0 Å². The van der Waals surface area contributed by atoms with E-state index in [9.17, 15) is 4.79 Å². The number of aromatic nitrogens is 2. The molecule has 1 unspecified atom stereocenters. The van der Waals surface area contributed by atoms with E-state index in [0.717, 1.165) is 16.5 Å². The lowest BCUT2D eigenvalue weighted by Crippen LogP contribution is -2.33. The molecule has 3 rings (SSSR count). The quantitative estimate of drug-likeness (QED) is 0.416. The second-order valence-corrected chi connectivity index (χ2v) is 6.41. The summed E-state index contributed by atoms with van der Waals surface area (Å²) in [5.41, 5.74) is 7.91. The van der Waals surface area contributed by atoms with E-state index in [4.69, 9.17) is 22.1 Å². The molecule has 1 aromatic heterocycles. The second-order valence-electron chi connectivity index (χ2n) is 5.98. The van der Waals surface area contributed by atoms with Gasteiger partial charge in [0.25, 0.3) is 0 Å². The van der Waals surface area contributed by atoms with Gasteiger partial charge in [-0.25, -0.2) is 4.79 Å². The highest BCUT2D eigenvalue weighted by Crippen LogP contribution is 2.36. The monoisotopic (exact) mass is 369 g/mol. The molecule has 3 aromatic rings. The molecule has 0 radical (unpaired) electrons. The summed E-state index contributed by atoms with van der Waals surface area (Å²) in [5.74, 6) is -0.423. The first-order valence-corrected chi connectivity index (χ1v) is 8.65. The smallest absolute Gasteiger partial charge is 0.330 e. The fraction of sp³-hybridized carbons (Fsp3) is 0.200. The van der Waals surface area contributed by atoms with E-state index in [1.807, 2.05) is 60.1 Å². The van der Waals surface area contributed by atoms with E-state index in [1.165, 1.54) is 13.2 Å². The van der Waals surface area contributed by atoms with Crippen molar-refractivity contribution < 1.29 is 9.53 Å². The van der Waals surface area contributed by atoms with Crippen molar-refractivity contribution in [2.24, 2.45) is 0 Å². The van der Waals surface area contributed by atoms with E-state index in [0.29, 0.717) is 17.1 Å². The number of carbonyl (C=O) groups excluding carboxylic acids is 1. The Kier molecular flexibility index (Phi) is 5.00. The van der Waals surface area contributed by atoms with Gasteiger partial charge in [-0.3, -0.25) is 4.68 Å². The van der Waals surface area contributed by atoms with Gasteiger partial charge in [0.1, 0.15) is 5.54 Å². The molecule has 0 aliphatic carbocycles. The van der Waals surface area contributed by atoms with Crippen LogP contribution in [0, 0.1) is 0 Å². The maximum Gasteiger partial charge on any atom is 0.330 e. The number of benzene rings is 2. The van der Waals surface area contributed by atoms with Crippen molar-refractivity contribution in [1.82, 2.24) is 9.78 Å². The van der Waals surface area contributed by atoms with Crippen molar-refractivity contribution >= 4 is 34.2 Å². The van der Waals surface area contributed by atoms with Crippen LogP contribution >= 0.6 is 11.6 Å². The summed E-state index contributed by atoms with van der Waals surface area (Å²) >= 11 is 6.06. The van der Waals surface area contributed by atoms with E-state index < -0.39 is 11.5 Å². The molecular weight excluding hydrogens is 350 g/mol. The molecule has 0 saturated carbocycles. The lowest BCUT2D eigenvalue weighted by Gasteiger charge is -2.32. The molecule has 5 nitrogen and oxygen atoms in total. The molecule has 0 fully saturated rings. The first kappa shape index (κ1) is 18.0. The Bertz CT molecular complexity index is 963. The SMILES string of the molecule is CCC(/C=C/C(=O)OC)(c1ccc(Cl)cc1)n1ncc2c(N)cccc21. The molecule has 0 saturated heterocycles. The largest absolute Gasteiger partial charge is 0.466 e. The maximum atomic E-state index is 11.8. The normalized spacial score (nSPS) is 13.8. The molecule has 0 amide bonds. The molecule has 6 heteroatoms. The van der Waals surface area contributed by atoms with Crippen LogP contribution in [0.3, 0.4) is 0 Å². The zero-order valence-electron chi connectivity index (χ0n) is 14.6. The average Bonchev–Trinajstić information content (AvgIpc) is 3.09. The number of esters is 1. The van der Waals surface area contributed by atoms with Crippen molar-refractivity contribution in [3.05, 3.63) is 71.4 Å². The number of fused-ring (bicyclic) bond motifs is 1. The molecule has 0 aliphatic rings. The Labute approximate surface area is 157 Å². The van der Waals surface area contributed by atoms with Gasteiger partial charge in [0, 0.05) is 22.2 Å². The van der Waals surface area contributed by atoms with Gasteiger partial charge in [-0.15, -0.1) is 0 Å². The number of nitrogens with zero attached hydrogens (tertiary/aromatic N) is 2. The van der Waals surface area contributed by atoms with E-state index >= 15 is 0 Å². The minimum Gasteiger partial charge on any atom is -0.466 e. The van der Waals surface area contributed by atoms with Crippen LogP contribution in [-0.4, -0.2) is 22.9 Å². The summed E-state index contributed by atoms with van der Waals surface area (Å²) in [6.07, 6.45) is 5.65. The third kappa shape index (κ3) is 3.06. The number of hydrogen-bond acceptors (Lipinski definition) is 4. The number of methoxy groups -OCH3 is 1. The molecule has 134 valence electrons. The Balaban J connectivity index is 2.28. The maximum absolute atomic E-state index is 11.8. The lowest BCUT2D eigenvalue weighted by atomic mass is 9.86. The molecule has 0 bridgehead atoms. The lowest BCUT2D eigenvalue weighted by molar-refractivity contribution is -0.134. The number of nitrogens with two attached hydrogens (primary N) is 1. The van der Waals surface area contributed by atoms with E-state index in [2.05, 4.69) is 5.10 Å². The molecule has 1 atom stereocenters. The summed E-state index contributed by atoms with van der Waals surface area (Å²) in [4.78, 5) is 11.8. The highest BCUT2D eigenvalue weighted by molar-refractivity contribution is 6.30. The molecular formula is C20H20ClN3O2. The first-order chi connectivity index (χ1) is 12.5. The minimum atomic E-state index is -0.686. The highest BCUT2D eigenvalue weighted by Gasteiger charge is 2.32. The van der Waals surface area contributed by atoms with Crippen LogP contribution in [0.2, 0.25) is 5.02 Å². The van der Waals surface area contributed by atoms with Crippen LogP contribution < -0.4 is 5.73 Å². The number of hydrogen-bond donors (Lipinski definition) is 1. The van der Waals surface area contributed by atoms with Crippen molar-refractivity contribution in [2.75, 3.05) is 12.8 Å². The van der Waals surface area contributed by atoms with Crippen LogP contribution in [0.25, 0.3) is 10.9 Å². The summed E-state index contributed by atoms with van der Waals surface area (Å²) in [6.45, 7) is 2.04. The summed E-state index contributed by atoms with van der Waals surface area (Å²) in [6, 6.07) is 13.2. The standard InChI is InChI=1S/C20H20ClN3O2/c1-3-20(12-11-19(25)26-2,14-7-9-15(21)10-8-14)24-18-6-4-5-17(22)16(18)13-23-24/h4-13H,3,22H2,1-2H3/b12-11+. The van der Waals surface area contributed by atoms with Gasteiger partial charge in [-0.1, -0.05) is 36.7 Å². The Hall–Kier alpha value is -2.79. The Morgan fingerprint density at radius 3 is 2.69 bits per heavy atom. The van der Waals surface area contributed by atoms with Crippen molar-refractivity contribution in [1.29, 1.82) is 0 Å². The number of anilines is 1. The van der Waals surface area contributed by atoms with Gasteiger partial charge in [0.05, 0.1) is 18.8 Å². The topological polar surface area (TPSA) is 70.1 Å². The number of ether oxygens (including phenoxy) is 1. The predicted molar refractivity (Wildman–Crippen MR) is 104 cm³/mol. The molecule has 26 heavy (non-hydrogen) atoms. The number of carbonyl (C=O) groups is 1. The summed E-state index contributed by atoms with van der Waals surface area (Å²) in [7, 11) is 1.35. The van der Waals surface area contributed by atoms with Crippen LogP contribution in [-0.2, 0) is 15.1 Å². The molecule has 2 aromatic carbocycles. The van der Waals surface area contributed by atoms with Gasteiger partial charge in [0.2, 0.25) is 0 Å². The Morgan fingerprint density at radius 1 is 1.31 bits per heavy atom. The van der Waals surface area contributed by atoms with Crippen molar-refractivity contribution in [2.45, 2.75) is 18.9 Å². The van der Waals surface area contributed by atoms with Crippen molar-refractivity contribution in [3.63, 3.8) is 0 Å². The number of rotatable bonds is 5. The second kappa shape index (κ2) is 7.22. The number of allylic oxidation sites excluding steroid dienone is 1. The Morgan fingerprint density at radius 2 is 2.04 bits per heavy atom. The number of halogens is 1. The molecule has 2 N–H and O–H groups in total. The van der Waals surface area contributed by atoms with Crippen LogP contribution in [0.5, 0.6) is 0 Å². The third-order valence-corrected chi connectivity index (χ3v) is 4.86. The summed E-state index contributed by atoms with van der Waals surface area (Å²) in [5, 5.41) is 6.11. The number of nitrogen functional groups attached to an aromatic ring is 1. The highest BCUT2D eigenvalue weighted by atomic mass is 35.5. The van der Waals surface area contributed by atoms with Crippen LogP contribution in [0.15, 0.2) is 60.8 Å². The van der Waals surface area contributed by atoms with Gasteiger partial charge in [0.15, 0.2) is 0 Å². The molecule has 0 aliphatic heterocycles. The van der Waals surface area contributed by atoms with Gasteiger partial charge >= 0.3 is 5.97 Å². The third-order valence-electron chi connectivity index (χ3n) is 4.60. The van der Waals surface area contributed by atoms with E-state index in [1.54, 1.807) is 6.20 Å². The fourth-order valence-electron chi connectivity index (χ4n) is 3.16. The zero-order valence-corrected chi connectivity index (χ0v) is 15.4. The average molecular weight is 370 g/mol. The van der Waals surface area contributed by atoms with Gasteiger partial charge in [-0.05, 0) is 42.3 Å². The van der Waals surface area contributed by atoms with Gasteiger partial charge in [-0.2, -0.15) is 5.10 Å². The summed E-state index contributed by atoms with van der Waals surface area (Å²) < 4.78 is 6.66.